The molecule has 7 heteroatoms. The predicted molar refractivity (Wildman–Crippen MR) is 101 cm³/mol. The van der Waals surface area contributed by atoms with Crippen LogP contribution in [0.3, 0.4) is 0 Å². The quantitative estimate of drug-likeness (QED) is 0.519. The second-order valence-corrected chi connectivity index (χ2v) is 7.06. The molecule has 0 fully saturated rings. The van der Waals surface area contributed by atoms with E-state index in [1.54, 1.807) is 0 Å². The van der Waals surface area contributed by atoms with Crippen LogP contribution in [0.2, 0.25) is 5.02 Å². The van der Waals surface area contributed by atoms with Gasteiger partial charge in [-0.05, 0) is 37.1 Å². The molecule has 0 aliphatic carbocycles. The molecule has 5 nitrogen and oxygen atoms in total. The highest BCUT2D eigenvalue weighted by molar-refractivity contribution is 7.98. The predicted octanol–water partition coefficient (Wildman–Crippen LogP) is 4.13. The maximum Gasteiger partial charge on any atom is 0.210 e. The van der Waals surface area contributed by atoms with Crippen LogP contribution >= 0.6 is 23.4 Å². The third-order valence-corrected chi connectivity index (χ3v) is 5.10. The topological polar surface area (TPSA) is 66.0 Å². The standard InChI is InChI=1S/C18H19ClN4OS/c1-12-7-8-16(13(2)9-12)24-10-17-21-22-18(23(17)20)25-11-14-5-3-4-6-15(14)19/h3-9H,10-11,20H2,1-2H3. The van der Waals surface area contributed by atoms with E-state index in [0.29, 0.717) is 16.7 Å². The van der Waals surface area contributed by atoms with Gasteiger partial charge in [-0.3, -0.25) is 0 Å². The van der Waals surface area contributed by atoms with Crippen molar-refractivity contribution in [2.75, 3.05) is 5.84 Å². The van der Waals surface area contributed by atoms with Gasteiger partial charge in [0.1, 0.15) is 12.4 Å². The number of nitrogen functional groups attached to an aromatic ring is 1. The van der Waals surface area contributed by atoms with E-state index in [2.05, 4.69) is 23.2 Å². The Kier molecular flexibility index (Phi) is 5.50. The number of halogens is 1. The van der Waals surface area contributed by atoms with Gasteiger partial charge >= 0.3 is 0 Å². The van der Waals surface area contributed by atoms with Crippen LogP contribution in [-0.2, 0) is 12.4 Å². The van der Waals surface area contributed by atoms with Crippen molar-refractivity contribution in [1.29, 1.82) is 0 Å². The van der Waals surface area contributed by atoms with Gasteiger partial charge in [0.2, 0.25) is 5.16 Å². The second-order valence-electron chi connectivity index (χ2n) is 5.71. The number of aromatic nitrogens is 3. The fourth-order valence-electron chi connectivity index (χ4n) is 2.37. The molecule has 1 heterocycles. The van der Waals surface area contributed by atoms with Crippen LogP contribution in [0, 0.1) is 13.8 Å². The van der Waals surface area contributed by atoms with Gasteiger partial charge in [-0.2, -0.15) is 0 Å². The summed E-state index contributed by atoms with van der Waals surface area (Å²) < 4.78 is 7.28. The van der Waals surface area contributed by atoms with Gasteiger partial charge in [-0.1, -0.05) is 59.3 Å². The van der Waals surface area contributed by atoms with Gasteiger partial charge in [-0.25, -0.2) is 4.68 Å². The first-order chi connectivity index (χ1) is 12.0. The van der Waals surface area contributed by atoms with E-state index in [0.717, 1.165) is 21.9 Å². The number of nitrogens with two attached hydrogens (primary N) is 1. The summed E-state index contributed by atoms with van der Waals surface area (Å²) >= 11 is 7.66. The molecule has 25 heavy (non-hydrogen) atoms. The molecule has 0 spiro atoms. The highest BCUT2D eigenvalue weighted by Gasteiger charge is 2.12. The Bertz CT molecular complexity index is 881. The zero-order chi connectivity index (χ0) is 17.8. The average Bonchev–Trinajstić information content (AvgIpc) is 2.94. The van der Waals surface area contributed by atoms with E-state index in [1.807, 2.05) is 43.3 Å². The van der Waals surface area contributed by atoms with Gasteiger partial charge in [-0.15, -0.1) is 10.2 Å². The molecule has 0 saturated heterocycles. The fourth-order valence-corrected chi connectivity index (χ4v) is 3.53. The van der Waals surface area contributed by atoms with E-state index in [4.69, 9.17) is 22.2 Å². The van der Waals surface area contributed by atoms with E-state index in [1.165, 1.54) is 22.0 Å². The lowest BCUT2D eigenvalue weighted by Crippen LogP contribution is -2.16. The van der Waals surface area contributed by atoms with Crippen molar-refractivity contribution < 1.29 is 4.74 Å². The fraction of sp³-hybridized carbons (Fsp3) is 0.222. The summed E-state index contributed by atoms with van der Waals surface area (Å²) in [7, 11) is 0. The Balaban J connectivity index is 1.64. The van der Waals surface area contributed by atoms with Crippen LogP contribution in [-0.4, -0.2) is 14.9 Å². The smallest absolute Gasteiger partial charge is 0.210 e. The summed E-state index contributed by atoms with van der Waals surface area (Å²) in [6.07, 6.45) is 0. The van der Waals surface area contributed by atoms with Crippen LogP contribution in [0.5, 0.6) is 5.75 Å². The number of ether oxygens (including phenoxy) is 1. The van der Waals surface area contributed by atoms with Crippen molar-refractivity contribution in [1.82, 2.24) is 14.9 Å². The summed E-state index contributed by atoms with van der Waals surface area (Å²) in [5, 5.41) is 9.62. The molecule has 0 bridgehead atoms. The van der Waals surface area contributed by atoms with Crippen molar-refractivity contribution in [3.63, 3.8) is 0 Å². The first-order valence-electron chi connectivity index (χ1n) is 7.80. The molecule has 0 atom stereocenters. The molecule has 130 valence electrons. The highest BCUT2D eigenvalue weighted by Crippen LogP contribution is 2.25. The Morgan fingerprint density at radius 2 is 1.96 bits per heavy atom. The SMILES string of the molecule is Cc1ccc(OCc2nnc(SCc3ccccc3Cl)n2N)c(C)c1. The molecule has 0 saturated carbocycles. The first-order valence-corrected chi connectivity index (χ1v) is 9.16. The number of hydrogen-bond donors (Lipinski definition) is 1. The minimum atomic E-state index is 0.264. The maximum absolute atomic E-state index is 6.17. The zero-order valence-corrected chi connectivity index (χ0v) is 15.6. The van der Waals surface area contributed by atoms with Crippen LogP contribution in [0.4, 0.5) is 0 Å². The molecule has 0 aliphatic rings. The first kappa shape index (κ1) is 17.6. The number of aryl methyl sites for hydroxylation is 2. The zero-order valence-electron chi connectivity index (χ0n) is 14.1. The minimum Gasteiger partial charge on any atom is -0.485 e. The minimum absolute atomic E-state index is 0.264. The largest absolute Gasteiger partial charge is 0.485 e. The van der Waals surface area contributed by atoms with Gasteiger partial charge in [0, 0.05) is 10.8 Å². The summed E-state index contributed by atoms with van der Waals surface area (Å²) in [5.41, 5.74) is 3.31. The van der Waals surface area contributed by atoms with E-state index < -0.39 is 0 Å². The Morgan fingerprint density at radius 3 is 2.72 bits per heavy atom. The van der Waals surface area contributed by atoms with Gasteiger partial charge in [0.25, 0.3) is 0 Å². The van der Waals surface area contributed by atoms with Crippen molar-refractivity contribution in [3.05, 3.63) is 70.0 Å². The molecule has 2 aromatic carbocycles. The van der Waals surface area contributed by atoms with E-state index in [9.17, 15) is 0 Å². The van der Waals surface area contributed by atoms with Crippen LogP contribution < -0.4 is 10.6 Å². The average molecular weight is 375 g/mol. The number of thioether (sulfide) groups is 1. The Morgan fingerprint density at radius 1 is 1.16 bits per heavy atom. The molecule has 1 aromatic heterocycles. The molecule has 0 aliphatic heterocycles. The lowest BCUT2D eigenvalue weighted by atomic mass is 10.1. The van der Waals surface area contributed by atoms with E-state index in [-0.39, 0.29) is 6.61 Å². The van der Waals surface area contributed by atoms with Gasteiger partial charge < -0.3 is 10.6 Å². The van der Waals surface area contributed by atoms with Gasteiger partial charge in [0.15, 0.2) is 5.82 Å². The van der Waals surface area contributed by atoms with Crippen molar-refractivity contribution in [2.45, 2.75) is 31.4 Å². The number of hydrogen-bond acceptors (Lipinski definition) is 5. The third kappa shape index (κ3) is 4.27. The summed E-state index contributed by atoms with van der Waals surface area (Å²) in [6, 6.07) is 13.8. The van der Waals surface area contributed by atoms with Gasteiger partial charge in [0.05, 0.1) is 0 Å². The number of rotatable bonds is 6. The maximum atomic E-state index is 6.17. The monoisotopic (exact) mass is 374 g/mol. The normalized spacial score (nSPS) is 10.8. The lowest BCUT2D eigenvalue weighted by Gasteiger charge is -2.09. The second kappa shape index (κ2) is 7.80. The molecule has 0 amide bonds. The summed E-state index contributed by atoms with van der Waals surface area (Å²) in [6.45, 7) is 4.33. The molecule has 0 radical (unpaired) electrons. The summed E-state index contributed by atoms with van der Waals surface area (Å²) in [5.74, 6) is 8.15. The molecule has 0 unspecified atom stereocenters. The Labute approximate surface area is 156 Å². The highest BCUT2D eigenvalue weighted by atomic mass is 35.5. The Hall–Kier alpha value is -2.18. The van der Waals surface area contributed by atoms with Crippen LogP contribution in [0.25, 0.3) is 0 Å². The third-order valence-electron chi connectivity index (χ3n) is 3.74. The molecule has 3 rings (SSSR count). The van der Waals surface area contributed by atoms with Crippen molar-refractivity contribution in [3.8, 4) is 5.75 Å². The van der Waals surface area contributed by atoms with Crippen molar-refractivity contribution in [2.24, 2.45) is 0 Å². The molecule has 2 N–H and O–H groups in total. The van der Waals surface area contributed by atoms with Crippen molar-refractivity contribution >= 4 is 23.4 Å². The summed E-state index contributed by atoms with van der Waals surface area (Å²) in [4.78, 5) is 0. The lowest BCUT2D eigenvalue weighted by molar-refractivity contribution is 0.289. The van der Waals surface area contributed by atoms with Crippen LogP contribution in [0.15, 0.2) is 47.6 Å². The van der Waals surface area contributed by atoms with E-state index >= 15 is 0 Å². The number of nitrogens with zero attached hydrogens (tertiary/aromatic N) is 3. The molecular formula is C18H19ClN4OS. The number of benzene rings is 2. The van der Waals surface area contributed by atoms with Crippen LogP contribution in [0.1, 0.15) is 22.5 Å². The molecular weight excluding hydrogens is 356 g/mol. The molecule has 3 aromatic rings.